The molecule has 0 aliphatic rings. The van der Waals surface area contributed by atoms with Crippen LogP contribution in [0.2, 0.25) is 0 Å². The zero-order chi connectivity index (χ0) is 14.7. The highest BCUT2D eigenvalue weighted by Gasteiger charge is 2.14. The molecular formula is C16H19N3O2. The zero-order valence-corrected chi connectivity index (χ0v) is 11.9. The lowest BCUT2D eigenvalue weighted by atomic mass is 10.1. The van der Waals surface area contributed by atoms with Gasteiger partial charge in [-0.25, -0.2) is 0 Å². The molecule has 0 amide bonds. The van der Waals surface area contributed by atoms with E-state index in [1.165, 1.54) is 5.56 Å². The third kappa shape index (κ3) is 3.15. The van der Waals surface area contributed by atoms with Crippen LogP contribution in [0, 0.1) is 0 Å². The molecule has 0 saturated heterocycles. The monoisotopic (exact) mass is 285 g/mol. The molecule has 1 aromatic carbocycles. The minimum atomic E-state index is -0.578. The Balaban J connectivity index is 1.58. The van der Waals surface area contributed by atoms with Gasteiger partial charge in [-0.1, -0.05) is 18.2 Å². The van der Waals surface area contributed by atoms with Crippen molar-refractivity contribution < 1.29 is 9.52 Å². The fourth-order valence-electron chi connectivity index (χ4n) is 2.48. The van der Waals surface area contributed by atoms with Gasteiger partial charge in [0.15, 0.2) is 0 Å². The van der Waals surface area contributed by atoms with Gasteiger partial charge in [-0.3, -0.25) is 5.10 Å². The van der Waals surface area contributed by atoms with E-state index in [1.807, 2.05) is 18.3 Å². The lowest BCUT2D eigenvalue weighted by Crippen LogP contribution is -2.27. The second kappa shape index (κ2) is 6.11. The molecule has 2 atom stereocenters. The number of fused-ring (bicyclic) bond motifs is 1. The van der Waals surface area contributed by atoms with E-state index in [1.54, 1.807) is 18.4 Å². The Morgan fingerprint density at radius 3 is 3.05 bits per heavy atom. The van der Waals surface area contributed by atoms with Crippen molar-refractivity contribution in [2.45, 2.75) is 32.0 Å². The van der Waals surface area contributed by atoms with E-state index < -0.39 is 6.10 Å². The summed E-state index contributed by atoms with van der Waals surface area (Å²) in [5, 5.41) is 21.7. The maximum atomic E-state index is 10.1. The van der Waals surface area contributed by atoms with Crippen LogP contribution in [-0.2, 0) is 6.54 Å². The number of benzene rings is 1. The van der Waals surface area contributed by atoms with Crippen LogP contribution in [0.3, 0.4) is 0 Å². The van der Waals surface area contributed by atoms with Crippen molar-refractivity contribution in [3.05, 3.63) is 54.1 Å². The van der Waals surface area contributed by atoms with Crippen LogP contribution in [0.4, 0.5) is 0 Å². The number of H-pyrrole nitrogens is 1. The van der Waals surface area contributed by atoms with Crippen molar-refractivity contribution in [3.8, 4) is 0 Å². The summed E-state index contributed by atoms with van der Waals surface area (Å²) >= 11 is 0. The quantitative estimate of drug-likeness (QED) is 0.651. The number of para-hydroxylation sites is 1. The number of rotatable bonds is 6. The predicted molar refractivity (Wildman–Crippen MR) is 80.7 cm³/mol. The van der Waals surface area contributed by atoms with Gasteiger partial charge < -0.3 is 14.8 Å². The van der Waals surface area contributed by atoms with E-state index in [2.05, 4.69) is 28.5 Å². The van der Waals surface area contributed by atoms with Crippen LogP contribution >= 0.6 is 0 Å². The van der Waals surface area contributed by atoms with Gasteiger partial charge in [0, 0.05) is 18.0 Å². The van der Waals surface area contributed by atoms with Gasteiger partial charge in [-0.05, 0) is 31.0 Å². The third-order valence-corrected chi connectivity index (χ3v) is 3.65. The summed E-state index contributed by atoms with van der Waals surface area (Å²) in [6.45, 7) is 2.78. The summed E-state index contributed by atoms with van der Waals surface area (Å²) in [7, 11) is 0. The zero-order valence-electron chi connectivity index (χ0n) is 11.9. The number of aliphatic hydroxyl groups excluding tert-OH is 1. The highest BCUT2D eigenvalue weighted by Crippen LogP contribution is 2.19. The van der Waals surface area contributed by atoms with Crippen LogP contribution in [0.5, 0.6) is 0 Å². The number of hydrogen-bond donors (Lipinski definition) is 3. The Kier molecular flexibility index (Phi) is 4.03. The minimum absolute atomic E-state index is 0.170. The number of hydrogen-bond acceptors (Lipinski definition) is 4. The largest absolute Gasteiger partial charge is 0.467 e. The Labute approximate surface area is 123 Å². The second-order valence-electron chi connectivity index (χ2n) is 5.30. The number of aliphatic hydroxyl groups is 1. The highest BCUT2D eigenvalue weighted by molar-refractivity contribution is 5.81. The topological polar surface area (TPSA) is 74.1 Å². The van der Waals surface area contributed by atoms with Crippen LogP contribution in [0.15, 0.2) is 47.2 Å². The Hall–Kier alpha value is -2.11. The SMILES string of the molecule is CC(CC(O)c1ccco1)NCc1cccc2cn[nH]c12. The molecule has 0 radical (unpaired) electrons. The third-order valence-electron chi connectivity index (χ3n) is 3.65. The molecular weight excluding hydrogens is 266 g/mol. The van der Waals surface area contributed by atoms with Crippen molar-refractivity contribution >= 4 is 10.9 Å². The smallest absolute Gasteiger partial charge is 0.132 e. The molecule has 3 aromatic rings. The van der Waals surface area contributed by atoms with Gasteiger partial charge in [0.2, 0.25) is 0 Å². The van der Waals surface area contributed by atoms with Crippen LogP contribution in [-0.4, -0.2) is 21.3 Å². The Morgan fingerprint density at radius 1 is 1.33 bits per heavy atom. The highest BCUT2D eigenvalue weighted by atomic mass is 16.4. The normalized spacial score (nSPS) is 14.4. The Bertz CT molecular complexity index is 690. The molecule has 5 heteroatoms. The molecule has 0 aliphatic heterocycles. The Morgan fingerprint density at radius 2 is 2.24 bits per heavy atom. The van der Waals surface area contributed by atoms with Crippen LogP contribution in [0.1, 0.15) is 30.8 Å². The van der Waals surface area contributed by atoms with Crippen molar-refractivity contribution in [3.63, 3.8) is 0 Å². The average molecular weight is 285 g/mol. The van der Waals surface area contributed by atoms with Crippen molar-refractivity contribution in [2.75, 3.05) is 0 Å². The van der Waals surface area contributed by atoms with Crippen molar-refractivity contribution in [1.82, 2.24) is 15.5 Å². The van der Waals surface area contributed by atoms with Gasteiger partial charge in [0.05, 0.1) is 18.0 Å². The first-order chi connectivity index (χ1) is 10.2. The summed E-state index contributed by atoms with van der Waals surface area (Å²) in [6.07, 6.45) is 3.43. The van der Waals surface area contributed by atoms with E-state index in [9.17, 15) is 5.11 Å². The molecule has 0 aliphatic carbocycles. The van der Waals surface area contributed by atoms with Gasteiger partial charge in [0.1, 0.15) is 11.9 Å². The van der Waals surface area contributed by atoms with Crippen molar-refractivity contribution in [1.29, 1.82) is 0 Å². The standard InChI is InChI=1S/C16H19N3O2/c1-11(8-14(20)15-6-3-7-21-15)17-9-12-4-2-5-13-10-18-19-16(12)13/h2-7,10-11,14,17,20H,8-9H2,1H3,(H,18,19). The summed E-state index contributed by atoms with van der Waals surface area (Å²) < 4.78 is 5.22. The van der Waals surface area contributed by atoms with Crippen LogP contribution < -0.4 is 5.32 Å². The average Bonchev–Trinajstić information content (AvgIpc) is 3.15. The molecule has 110 valence electrons. The molecule has 5 nitrogen and oxygen atoms in total. The second-order valence-corrected chi connectivity index (χ2v) is 5.30. The van der Waals surface area contributed by atoms with Crippen molar-refractivity contribution in [2.24, 2.45) is 0 Å². The molecule has 0 fully saturated rings. The fourth-order valence-corrected chi connectivity index (χ4v) is 2.48. The predicted octanol–water partition coefficient (Wildman–Crippen LogP) is 2.76. The van der Waals surface area contributed by atoms with E-state index in [0.29, 0.717) is 12.2 Å². The first-order valence-electron chi connectivity index (χ1n) is 7.10. The molecule has 0 bridgehead atoms. The van der Waals surface area contributed by atoms with Crippen LogP contribution in [0.25, 0.3) is 10.9 Å². The van der Waals surface area contributed by atoms with Gasteiger partial charge >= 0.3 is 0 Å². The number of nitrogens with zero attached hydrogens (tertiary/aromatic N) is 1. The molecule has 0 saturated carbocycles. The summed E-state index contributed by atoms with van der Waals surface area (Å²) in [4.78, 5) is 0. The van der Waals surface area contributed by atoms with Gasteiger partial charge in [-0.15, -0.1) is 0 Å². The molecule has 3 N–H and O–H groups in total. The molecule has 21 heavy (non-hydrogen) atoms. The van der Waals surface area contributed by atoms with E-state index in [0.717, 1.165) is 17.4 Å². The minimum Gasteiger partial charge on any atom is -0.467 e. The molecule has 0 spiro atoms. The van der Waals surface area contributed by atoms with E-state index in [4.69, 9.17) is 4.42 Å². The molecule has 2 unspecified atom stereocenters. The van der Waals surface area contributed by atoms with E-state index in [-0.39, 0.29) is 6.04 Å². The lowest BCUT2D eigenvalue weighted by molar-refractivity contribution is 0.128. The van der Waals surface area contributed by atoms with E-state index >= 15 is 0 Å². The molecule has 3 rings (SSSR count). The lowest BCUT2D eigenvalue weighted by Gasteiger charge is -2.17. The molecule has 2 heterocycles. The first-order valence-corrected chi connectivity index (χ1v) is 7.10. The number of aromatic amines is 1. The number of aromatic nitrogens is 2. The van der Waals surface area contributed by atoms with Gasteiger partial charge in [-0.2, -0.15) is 5.10 Å². The number of furan rings is 1. The maximum absolute atomic E-state index is 10.1. The maximum Gasteiger partial charge on any atom is 0.132 e. The fraction of sp³-hybridized carbons (Fsp3) is 0.312. The van der Waals surface area contributed by atoms with Gasteiger partial charge in [0.25, 0.3) is 0 Å². The summed E-state index contributed by atoms with van der Waals surface area (Å²) in [6, 6.07) is 9.88. The summed E-state index contributed by atoms with van der Waals surface area (Å²) in [5.74, 6) is 0.610. The number of nitrogens with one attached hydrogen (secondary N) is 2. The first kappa shape index (κ1) is 13.9. The molecule has 2 aromatic heterocycles. The summed E-state index contributed by atoms with van der Waals surface area (Å²) in [5.41, 5.74) is 2.23.